The summed E-state index contributed by atoms with van der Waals surface area (Å²) in [7, 11) is 0. The molecule has 33 heavy (non-hydrogen) atoms. The topological polar surface area (TPSA) is 65.4 Å². The molecule has 1 fully saturated rings. The second-order valence-electron chi connectivity index (χ2n) is 7.66. The summed E-state index contributed by atoms with van der Waals surface area (Å²) in [6.45, 7) is 4.58. The first-order chi connectivity index (χ1) is 15.8. The highest BCUT2D eigenvalue weighted by atomic mass is 19.4. The van der Waals surface area contributed by atoms with Gasteiger partial charge in [-0.05, 0) is 57.0 Å². The van der Waals surface area contributed by atoms with Crippen molar-refractivity contribution in [1.82, 2.24) is 9.78 Å². The molecule has 0 atom stereocenters. The number of rotatable bonds is 8. The number of halogens is 3. The van der Waals surface area contributed by atoms with Crippen molar-refractivity contribution in [2.24, 2.45) is 0 Å². The Morgan fingerprint density at radius 3 is 2.55 bits per heavy atom. The molecular formula is C24H24F3N3O3. The normalized spacial score (nSPS) is 13.6. The standard InChI is InChI=1S/C24H24F3N3O3/c1-3-32-18-10-11-21(33-4-2)20(13-18)29-23(31)19-14-28-30(22(19)15-8-9-15)17-7-5-6-16(12-17)24(25,26)27/h5-7,10-15H,3-4,8-9H2,1-2H3,(H,29,31). The minimum Gasteiger partial charge on any atom is -0.494 e. The van der Waals surface area contributed by atoms with Crippen LogP contribution >= 0.6 is 0 Å². The highest BCUT2D eigenvalue weighted by Gasteiger charge is 2.34. The monoisotopic (exact) mass is 459 g/mol. The predicted molar refractivity (Wildman–Crippen MR) is 117 cm³/mol. The summed E-state index contributed by atoms with van der Waals surface area (Å²) in [5, 5.41) is 7.13. The molecule has 1 aliphatic rings. The lowest BCUT2D eigenvalue weighted by Crippen LogP contribution is -2.15. The van der Waals surface area contributed by atoms with E-state index in [-0.39, 0.29) is 11.6 Å². The molecule has 6 nitrogen and oxygen atoms in total. The van der Waals surface area contributed by atoms with Crippen molar-refractivity contribution in [2.75, 3.05) is 18.5 Å². The zero-order chi connectivity index (χ0) is 23.6. The molecule has 1 amide bonds. The number of anilines is 1. The van der Waals surface area contributed by atoms with Crippen LogP contribution in [0.2, 0.25) is 0 Å². The van der Waals surface area contributed by atoms with E-state index < -0.39 is 17.6 Å². The second kappa shape index (κ2) is 9.17. The number of hydrogen-bond acceptors (Lipinski definition) is 4. The van der Waals surface area contributed by atoms with Gasteiger partial charge >= 0.3 is 6.18 Å². The van der Waals surface area contributed by atoms with Gasteiger partial charge < -0.3 is 14.8 Å². The Morgan fingerprint density at radius 1 is 1.12 bits per heavy atom. The third-order valence-corrected chi connectivity index (χ3v) is 5.24. The van der Waals surface area contributed by atoms with Gasteiger partial charge in [0.05, 0.1) is 47.6 Å². The van der Waals surface area contributed by atoms with Gasteiger partial charge in [-0.1, -0.05) is 6.07 Å². The van der Waals surface area contributed by atoms with Gasteiger partial charge in [-0.15, -0.1) is 0 Å². The summed E-state index contributed by atoms with van der Waals surface area (Å²) in [4.78, 5) is 13.2. The first-order valence-electron chi connectivity index (χ1n) is 10.8. The van der Waals surface area contributed by atoms with E-state index >= 15 is 0 Å². The number of nitrogens with zero attached hydrogens (tertiary/aromatic N) is 2. The first-order valence-corrected chi connectivity index (χ1v) is 10.8. The number of alkyl halides is 3. The van der Waals surface area contributed by atoms with Crippen LogP contribution in [-0.2, 0) is 6.18 Å². The van der Waals surface area contributed by atoms with E-state index in [0.29, 0.717) is 41.7 Å². The van der Waals surface area contributed by atoms with Crippen LogP contribution in [0.4, 0.5) is 18.9 Å². The van der Waals surface area contributed by atoms with Crippen LogP contribution in [0.3, 0.4) is 0 Å². The maximum Gasteiger partial charge on any atom is 0.416 e. The molecule has 0 unspecified atom stereocenters. The summed E-state index contributed by atoms with van der Waals surface area (Å²) in [5.41, 5.74) is 0.864. The van der Waals surface area contributed by atoms with Gasteiger partial charge in [0, 0.05) is 12.0 Å². The van der Waals surface area contributed by atoms with Gasteiger partial charge in [0.15, 0.2) is 0 Å². The molecule has 0 radical (unpaired) electrons. The van der Waals surface area contributed by atoms with Crippen LogP contribution in [0.1, 0.15) is 54.2 Å². The summed E-state index contributed by atoms with van der Waals surface area (Å²) in [6, 6.07) is 10.1. The van der Waals surface area contributed by atoms with E-state index in [0.717, 1.165) is 25.0 Å². The van der Waals surface area contributed by atoms with Crippen molar-refractivity contribution in [2.45, 2.75) is 38.8 Å². The zero-order valence-electron chi connectivity index (χ0n) is 18.3. The van der Waals surface area contributed by atoms with Crippen LogP contribution in [0.5, 0.6) is 11.5 Å². The maximum absolute atomic E-state index is 13.2. The molecule has 2 aromatic carbocycles. The van der Waals surface area contributed by atoms with Crippen molar-refractivity contribution >= 4 is 11.6 Å². The molecule has 1 N–H and O–H groups in total. The number of nitrogens with one attached hydrogen (secondary N) is 1. The van der Waals surface area contributed by atoms with Crippen LogP contribution in [0, 0.1) is 0 Å². The SMILES string of the molecule is CCOc1ccc(OCC)c(NC(=O)c2cnn(-c3cccc(C(F)(F)F)c3)c2C2CC2)c1. The van der Waals surface area contributed by atoms with E-state index in [2.05, 4.69) is 10.4 Å². The fourth-order valence-electron chi connectivity index (χ4n) is 3.64. The minimum atomic E-state index is -4.47. The Kier molecular flexibility index (Phi) is 6.31. The van der Waals surface area contributed by atoms with Crippen LogP contribution in [0.15, 0.2) is 48.7 Å². The van der Waals surface area contributed by atoms with Gasteiger partial charge in [0.25, 0.3) is 5.91 Å². The molecule has 9 heteroatoms. The number of carbonyl (C=O) groups excluding carboxylic acids is 1. The highest BCUT2D eigenvalue weighted by molar-refractivity contribution is 6.06. The number of hydrogen-bond donors (Lipinski definition) is 1. The summed E-state index contributed by atoms with van der Waals surface area (Å²) in [6.07, 6.45) is -1.38. The molecule has 4 rings (SSSR count). The Labute approximate surface area is 189 Å². The number of aromatic nitrogens is 2. The molecule has 0 saturated heterocycles. The van der Waals surface area contributed by atoms with Crippen molar-refractivity contribution in [3.8, 4) is 17.2 Å². The van der Waals surface area contributed by atoms with Gasteiger partial charge in [-0.25, -0.2) is 4.68 Å². The van der Waals surface area contributed by atoms with Gasteiger partial charge in [0.2, 0.25) is 0 Å². The second-order valence-corrected chi connectivity index (χ2v) is 7.66. The molecular weight excluding hydrogens is 435 g/mol. The molecule has 0 aliphatic heterocycles. The Balaban J connectivity index is 1.68. The Hall–Kier alpha value is -3.49. The van der Waals surface area contributed by atoms with E-state index in [9.17, 15) is 18.0 Å². The average molecular weight is 459 g/mol. The summed E-state index contributed by atoms with van der Waals surface area (Å²) >= 11 is 0. The quantitative estimate of drug-likeness (QED) is 0.461. The summed E-state index contributed by atoms with van der Waals surface area (Å²) in [5.74, 6) is 0.722. The van der Waals surface area contributed by atoms with Gasteiger partial charge in [0.1, 0.15) is 11.5 Å². The lowest BCUT2D eigenvalue weighted by molar-refractivity contribution is -0.137. The minimum absolute atomic E-state index is 0.0592. The molecule has 1 heterocycles. The van der Waals surface area contributed by atoms with Gasteiger partial charge in [-0.2, -0.15) is 18.3 Å². The van der Waals surface area contributed by atoms with Crippen molar-refractivity contribution in [3.05, 3.63) is 65.5 Å². The molecule has 0 bridgehead atoms. The Morgan fingerprint density at radius 2 is 1.88 bits per heavy atom. The number of carbonyl (C=O) groups is 1. The van der Waals surface area contributed by atoms with E-state index in [1.165, 1.54) is 16.9 Å². The molecule has 1 aromatic heterocycles. The first kappa shape index (κ1) is 22.7. The molecule has 174 valence electrons. The van der Waals surface area contributed by atoms with Crippen LogP contribution in [-0.4, -0.2) is 28.9 Å². The fourth-order valence-corrected chi connectivity index (χ4v) is 3.64. The van der Waals surface area contributed by atoms with Crippen LogP contribution in [0.25, 0.3) is 5.69 Å². The fraction of sp³-hybridized carbons (Fsp3) is 0.333. The largest absolute Gasteiger partial charge is 0.494 e. The maximum atomic E-state index is 13.2. The van der Waals surface area contributed by atoms with E-state index in [1.54, 1.807) is 24.3 Å². The van der Waals surface area contributed by atoms with Crippen molar-refractivity contribution < 1.29 is 27.4 Å². The smallest absolute Gasteiger partial charge is 0.416 e. The molecule has 1 saturated carbocycles. The average Bonchev–Trinajstić information content (AvgIpc) is 3.52. The van der Waals surface area contributed by atoms with Crippen molar-refractivity contribution in [3.63, 3.8) is 0 Å². The molecule has 3 aromatic rings. The number of ether oxygens (including phenoxy) is 2. The zero-order valence-corrected chi connectivity index (χ0v) is 18.3. The lowest BCUT2D eigenvalue weighted by Gasteiger charge is -2.14. The number of benzene rings is 2. The Bertz CT molecular complexity index is 1150. The molecule has 0 spiro atoms. The van der Waals surface area contributed by atoms with Crippen LogP contribution < -0.4 is 14.8 Å². The third kappa shape index (κ3) is 4.97. The number of amides is 1. The predicted octanol–water partition coefficient (Wildman–Crippen LogP) is 5.82. The summed E-state index contributed by atoms with van der Waals surface area (Å²) < 4.78 is 52.2. The third-order valence-electron chi connectivity index (χ3n) is 5.24. The lowest BCUT2D eigenvalue weighted by atomic mass is 10.1. The van der Waals surface area contributed by atoms with E-state index in [4.69, 9.17) is 9.47 Å². The van der Waals surface area contributed by atoms with E-state index in [1.807, 2.05) is 13.8 Å². The van der Waals surface area contributed by atoms with Crippen molar-refractivity contribution in [1.29, 1.82) is 0 Å². The highest BCUT2D eigenvalue weighted by Crippen LogP contribution is 2.43. The molecule has 1 aliphatic carbocycles. The van der Waals surface area contributed by atoms with Gasteiger partial charge in [-0.3, -0.25) is 4.79 Å².